The molecule has 82 valence electrons. The molecule has 0 spiro atoms. The van der Waals surface area contributed by atoms with Gasteiger partial charge in [-0.25, -0.2) is 4.39 Å². The van der Waals surface area contributed by atoms with Crippen molar-refractivity contribution in [3.05, 3.63) is 35.1 Å². The molecule has 0 heterocycles. The molecule has 2 heteroatoms. The van der Waals surface area contributed by atoms with Gasteiger partial charge < -0.3 is 5.32 Å². The van der Waals surface area contributed by atoms with Crippen molar-refractivity contribution in [2.75, 3.05) is 6.54 Å². The van der Waals surface area contributed by atoms with E-state index in [0.29, 0.717) is 0 Å². The fourth-order valence-electron chi connectivity index (χ4n) is 1.94. The number of halogens is 1. The largest absolute Gasteiger partial charge is 0.312 e. The van der Waals surface area contributed by atoms with E-state index >= 15 is 0 Å². The molecule has 1 fully saturated rings. The fraction of sp³-hybridized carbons (Fsp3) is 0.538. The molecule has 0 saturated heterocycles. The molecule has 0 amide bonds. The van der Waals surface area contributed by atoms with E-state index in [4.69, 9.17) is 0 Å². The van der Waals surface area contributed by atoms with Crippen molar-refractivity contribution < 1.29 is 4.39 Å². The summed E-state index contributed by atoms with van der Waals surface area (Å²) >= 11 is 0. The van der Waals surface area contributed by atoms with Crippen LogP contribution in [0.5, 0.6) is 0 Å². The van der Waals surface area contributed by atoms with E-state index in [-0.39, 0.29) is 5.82 Å². The topological polar surface area (TPSA) is 12.0 Å². The van der Waals surface area contributed by atoms with Crippen LogP contribution in [-0.2, 0) is 6.54 Å². The highest BCUT2D eigenvalue weighted by Gasteiger charge is 2.16. The molecule has 1 aromatic carbocycles. The average Bonchev–Trinajstić information content (AvgIpc) is 2.15. The molecule has 1 N–H and O–H groups in total. The predicted molar refractivity (Wildman–Crippen MR) is 60.2 cm³/mol. The van der Waals surface area contributed by atoms with E-state index in [1.807, 2.05) is 13.0 Å². The summed E-state index contributed by atoms with van der Waals surface area (Å²) in [6.07, 6.45) is 4.09. The number of nitrogens with one attached hydrogen (secondary N) is 1. The lowest BCUT2D eigenvalue weighted by atomic mass is 9.85. The Hall–Kier alpha value is -0.890. The minimum atomic E-state index is -0.138. The summed E-state index contributed by atoms with van der Waals surface area (Å²) in [5, 5.41) is 3.40. The Kier molecular flexibility index (Phi) is 3.37. The SMILES string of the molecule is Cc1ccc(F)cc1CNCC1CCC1. The van der Waals surface area contributed by atoms with Gasteiger partial charge in [-0.1, -0.05) is 12.5 Å². The highest BCUT2D eigenvalue weighted by molar-refractivity contribution is 5.26. The number of aryl methyl sites for hydroxylation is 1. The Labute approximate surface area is 90.7 Å². The van der Waals surface area contributed by atoms with E-state index in [2.05, 4.69) is 5.32 Å². The Bertz CT molecular complexity index is 331. The van der Waals surface area contributed by atoms with Crippen molar-refractivity contribution in [2.24, 2.45) is 5.92 Å². The molecule has 1 saturated carbocycles. The maximum atomic E-state index is 13.0. The van der Waals surface area contributed by atoms with Gasteiger partial charge in [0.05, 0.1) is 0 Å². The maximum absolute atomic E-state index is 13.0. The van der Waals surface area contributed by atoms with Crippen LogP contribution in [0.25, 0.3) is 0 Å². The van der Waals surface area contributed by atoms with Crippen molar-refractivity contribution in [1.82, 2.24) is 5.32 Å². The van der Waals surface area contributed by atoms with Gasteiger partial charge in [0.25, 0.3) is 0 Å². The van der Waals surface area contributed by atoms with E-state index < -0.39 is 0 Å². The minimum Gasteiger partial charge on any atom is -0.312 e. The first-order valence-corrected chi connectivity index (χ1v) is 5.71. The summed E-state index contributed by atoms with van der Waals surface area (Å²) in [5.41, 5.74) is 2.24. The number of hydrogen-bond donors (Lipinski definition) is 1. The lowest BCUT2D eigenvalue weighted by Crippen LogP contribution is -2.27. The molecule has 1 aromatic rings. The third-order valence-corrected chi connectivity index (χ3v) is 3.28. The van der Waals surface area contributed by atoms with Crippen LogP contribution in [0, 0.1) is 18.7 Å². The van der Waals surface area contributed by atoms with Crippen LogP contribution in [0.2, 0.25) is 0 Å². The van der Waals surface area contributed by atoms with Crippen LogP contribution in [0.3, 0.4) is 0 Å². The van der Waals surface area contributed by atoms with Crippen LogP contribution in [0.1, 0.15) is 30.4 Å². The first kappa shape index (κ1) is 10.6. The van der Waals surface area contributed by atoms with Crippen molar-refractivity contribution in [2.45, 2.75) is 32.7 Å². The van der Waals surface area contributed by atoms with Crippen LogP contribution in [0.15, 0.2) is 18.2 Å². The fourth-order valence-corrected chi connectivity index (χ4v) is 1.94. The maximum Gasteiger partial charge on any atom is 0.123 e. The van der Waals surface area contributed by atoms with Crippen molar-refractivity contribution >= 4 is 0 Å². The standard InChI is InChI=1S/C13H18FN/c1-10-5-6-13(14)7-12(10)9-15-8-11-3-2-4-11/h5-7,11,15H,2-4,8-9H2,1H3. The molecular weight excluding hydrogens is 189 g/mol. The molecule has 1 nitrogen and oxygen atoms in total. The summed E-state index contributed by atoms with van der Waals surface area (Å²) in [7, 11) is 0. The Morgan fingerprint density at radius 3 is 2.87 bits per heavy atom. The molecule has 0 atom stereocenters. The normalized spacial score (nSPS) is 16.4. The van der Waals surface area contributed by atoms with Crippen LogP contribution < -0.4 is 5.32 Å². The van der Waals surface area contributed by atoms with Crippen molar-refractivity contribution in [3.63, 3.8) is 0 Å². The van der Waals surface area contributed by atoms with Crippen molar-refractivity contribution in [3.8, 4) is 0 Å². The quantitative estimate of drug-likeness (QED) is 0.800. The summed E-state index contributed by atoms with van der Waals surface area (Å²) in [6, 6.07) is 4.99. The molecule has 1 aliphatic carbocycles. The molecule has 0 unspecified atom stereocenters. The van der Waals surface area contributed by atoms with E-state index in [1.54, 1.807) is 6.07 Å². The van der Waals surface area contributed by atoms with Gasteiger partial charge in [-0.15, -0.1) is 0 Å². The molecule has 0 aromatic heterocycles. The molecule has 0 radical (unpaired) electrons. The van der Waals surface area contributed by atoms with E-state index in [1.165, 1.54) is 25.3 Å². The monoisotopic (exact) mass is 207 g/mol. The first-order valence-electron chi connectivity index (χ1n) is 5.71. The lowest BCUT2D eigenvalue weighted by molar-refractivity contribution is 0.301. The molecular formula is C13H18FN. The zero-order valence-corrected chi connectivity index (χ0v) is 9.22. The second-order valence-electron chi connectivity index (χ2n) is 4.50. The zero-order valence-electron chi connectivity index (χ0n) is 9.22. The van der Waals surface area contributed by atoms with Crippen molar-refractivity contribution in [1.29, 1.82) is 0 Å². The van der Waals surface area contributed by atoms with Gasteiger partial charge in [-0.2, -0.15) is 0 Å². The van der Waals surface area contributed by atoms with Crippen LogP contribution in [-0.4, -0.2) is 6.54 Å². The first-order chi connectivity index (χ1) is 7.25. The molecule has 0 aliphatic heterocycles. The van der Waals surface area contributed by atoms with Gasteiger partial charge in [0.1, 0.15) is 5.82 Å². The molecule has 0 bridgehead atoms. The molecule has 1 aliphatic rings. The zero-order chi connectivity index (χ0) is 10.7. The summed E-state index contributed by atoms with van der Waals surface area (Å²) in [6.45, 7) is 3.90. The number of hydrogen-bond acceptors (Lipinski definition) is 1. The summed E-state index contributed by atoms with van der Waals surface area (Å²) in [5.74, 6) is 0.722. The third kappa shape index (κ3) is 2.78. The number of rotatable bonds is 4. The van der Waals surface area contributed by atoms with Crippen LogP contribution >= 0.6 is 0 Å². The third-order valence-electron chi connectivity index (χ3n) is 3.28. The second kappa shape index (κ2) is 4.75. The van der Waals surface area contributed by atoms with E-state index in [0.717, 1.165) is 30.1 Å². The molecule has 2 rings (SSSR count). The van der Waals surface area contributed by atoms with Gasteiger partial charge in [0.2, 0.25) is 0 Å². The number of benzene rings is 1. The van der Waals surface area contributed by atoms with Gasteiger partial charge in [0, 0.05) is 6.54 Å². The Balaban J connectivity index is 1.83. The second-order valence-corrected chi connectivity index (χ2v) is 4.50. The molecule has 15 heavy (non-hydrogen) atoms. The highest BCUT2D eigenvalue weighted by Crippen LogP contribution is 2.25. The van der Waals surface area contributed by atoms with Gasteiger partial charge >= 0.3 is 0 Å². The predicted octanol–water partition coefficient (Wildman–Crippen LogP) is 3.02. The lowest BCUT2D eigenvalue weighted by Gasteiger charge is -2.25. The van der Waals surface area contributed by atoms with Gasteiger partial charge in [0.15, 0.2) is 0 Å². The van der Waals surface area contributed by atoms with Crippen LogP contribution in [0.4, 0.5) is 4.39 Å². The minimum absolute atomic E-state index is 0.138. The van der Waals surface area contributed by atoms with E-state index in [9.17, 15) is 4.39 Å². The smallest absolute Gasteiger partial charge is 0.123 e. The summed E-state index contributed by atoms with van der Waals surface area (Å²) in [4.78, 5) is 0. The Morgan fingerprint density at radius 1 is 1.40 bits per heavy atom. The Morgan fingerprint density at radius 2 is 2.20 bits per heavy atom. The van der Waals surface area contributed by atoms with Gasteiger partial charge in [-0.05, 0) is 55.5 Å². The van der Waals surface area contributed by atoms with Gasteiger partial charge in [-0.3, -0.25) is 0 Å². The average molecular weight is 207 g/mol. The summed E-state index contributed by atoms with van der Waals surface area (Å²) < 4.78 is 13.0. The highest BCUT2D eigenvalue weighted by atomic mass is 19.1.